The Kier molecular flexibility index (Phi) is 7.65. The second-order valence-electron chi connectivity index (χ2n) is 5.68. The maximum absolute atomic E-state index is 12.1. The van der Waals surface area contributed by atoms with Crippen LogP contribution in [0.2, 0.25) is 0 Å². The Morgan fingerprint density at radius 1 is 1.07 bits per heavy atom. The third-order valence-electron chi connectivity index (χ3n) is 3.56. The average molecular weight is 400 g/mol. The summed E-state index contributed by atoms with van der Waals surface area (Å²) in [7, 11) is 1.54. The van der Waals surface area contributed by atoms with Gasteiger partial charge in [0.1, 0.15) is 5.75 Å². The molecule has 0 spiro atoms. The normalized spacial score (nSPS) is 10.9. The summed E-state index contributed by atoms with van der Waals surface area (Å²) in [4.78, 5) is 35.4. The number of thioether (sulfide) groups is 1. The number of ether oxygens (including phenoxy) is 1. The standard InChI is InChI=1S/C20H20N2O5S/c1-13(20(25)26)11-18(23)21-14-7-9-15(10-8-14)28-12-19(24)22-16-5-3-4-6-17(16)27-2/h3-11H,12H2,1-2H3,(H,21,23)(H,22,24)(H,25,26)/b13-11-. The molecule has 0 aliphatic rings. The van der Waals surface area contributed by atoms with Gasteiger partial charge in [0.05, 0.1) is 18.6 Å². The first kappa shape index (κ1) is 21.0. The molecule has 0 heterocycles. The van der Waals surface area contributed by atoms with Crippen LogP contribution in [0, 0.1) is 0 Å². The summed E-state index contributed by atoms with van der Waals surface area (Å²) in [6.07, 6.45) is 1.02. The number of hydrogen-bond acceptors (Lipinski definition) is 5. The topological polar surface area (TPSA) is 105 Å². The minimum absolute atomic E-state index is 0.0502. The number of aliphatic carboxylic acids is 1. The lowest BCUT2D eigenvalue weighted by Crippen LogP contribution is -2.14. The Balaban J connectivity index is 1.87. The highest BCUT2D eigenvalue weighted by Crippen LogP contribution is 2.24. The zero-order valence-electron chi connectivity index (χ0n) is 15.4. The maximum Gasteiger partial charge on any atom is 0.331 e. The van der Waals surface area contributed by atoms with Crippen LogP contribution in [0.15, 0.2) is 65.1 Å². The van der Waals surface area contributed by atoms with Crippen molar-refractivity contribution in [2.75, 3.05) is 23.5 Å². The molecule has 8 heteroatoms. The summed E-state index contributed by atoms with van der Waals surface area (Å²) in [6.45, 7) is 1.34. The minimum atomic E-state index is -1.15. The summed E-state index contributed by atoms with van der Waals surface area (Å²) < 4.78 is 5.20. The van der Waals surface area contributed by atoms with Gasteiger partial charge in [-0.15, -0.1) is 11.8 Å². The van der Waals surface area contributed by atoms with E-state index in [2.05, 4.69) is 10.6 Å². The van der Waals surface area contributed by atoms with E-state index >= 15 is 0 Å². The molecule has 0 aliphatic heterocycles. The first-order valence-electron chi connectivity index (χ1n) is 8.27. The van der Waals surface area contributed by atoms with E-state index in [9.17, 15) is 14.4 Å². The van der Waals surface area contributed by atoms with E-state index < -0.39 is 11.9 Å². The Morgan fingerprint density at radius 3 is 2.39 bits per heavy atom. The number of nitrogens with one attached hydrogen (secondary N) is 2. The Morgan fingerprint density at radius 2 is 1.75 bits per heavy atom. The van der Waals surface area contributed by atoms with Crippen molar-refractivity contribution in [1.82, 2.24) is 0 Å². The molecule has 2 aromatic carbocycles. The van der Waals surface area contributed by atoms with Crippen LogP contribution in [0.4, 0.5) is 11.4 Å². The summed E-state index contributed by atoms with van der Waals surface area (Å²) in [5, 5.41) is 14.2. The van der Waals surface area contributed by atoms with Crippen LogP contribution < -0.4 is 15.4 Å². The molecule has 0 fully saturated rings. The van der Waals surface area contributed by atoms with Crippen LogP contribution >= 0.6 is 11.8 Å². The van der Waals surface area contributed by atoms with Crippen molar-refractivity contribution in [3.8, 4) is 5.75 Å². The zero-order chi connectivity index (χ0) is 20.5. The van der Waals surface area contributed by atoms with Crippen LogP contribution in [0.25, 0.3) is 0 Å². The molecule has 2 rings (SSSR count). The van der Waals surface area contributed by atoms with Crippen molar-refractivity contribution in [2.45, 2.75) is 11.8 Å². The van der Waals surface area contributed by atoms with Gasteiger partial charge in [-0.1, -0.05) is 12.1 Å². The van der Waals surface area contributed by atoms with Gasteiger partial charge in [-0.25, -0.2) is 4.79 Å². The molecule has 28 heavy (non-hydrogen) atoms. The van der Waals surface area contributed by atoms with E-state index in [-0.39, 0.29) is 17.2 Å². The van der Waals surface area contributed by atoms with Gasteiger partial charge in [-0.2, -0.15) is 0 Å². The predicted molar refractivity (Wildman–Crippen MR) is 109 cm³/mol. The number of carboxylic acid groups (broad SMARTS) is 1. The molecule has 0 aromatic heterocycles. The Hall–Kier alpha value is -3.26. The number of anilines is 2. The summed E-state index contributed by atoms with van der Waals surface area (Å²) in [5.41, 5.74) is 1.09. The highest BCUT2D eigenvalue weighted by Gasteiger charge is 2.08. The highest BCUT2D eigenvalue weighted by molar-refractivity contribution is 8.00. The zero-order valence-corrected chi connectivity index (χ0v) is 16.2. The van der Waals surface area contributed by atoms with Crippen LogP contribution in [0.5, 0.6) is 5.75 Å². The van der Waals surface area contributed by atoms with E-state index in [0.29, 0.717) is 17.1 Å². The molecule has 0 saturated carbocycles. The number of amides is 2. The number of benzene rings is 2. The molecule has 0 radical (unpaired) electrons. The van der Waals surface area contributed by atoms with Gasteiger partial charge in [0.15, 0.2) is 0 Å². The molecule has 2 aromatic rings. The number of carboxylic acids is 1. The second kappa shape index (κ2) is 10.2. The first-order chi connectivity index (χ1) is 13.4. The molecular formula is C20H20N2O5S. The van der Waals surface area contributed by atoms with Gasteiger partial charge in [0.2, 0.25) is 11.8 Å². The van der Waals surface area contributed by atoms with Crippen molar-refractivity contribution in [3.05, 3.63) is 60.2 Å². The molecule has 7 nitrogen and oxygen atoms in total. The molecular weight excluding hydrogens is 380 g/mol. The highest BCUT2D eigenvalue weighted by atomic mass is 32.2. The molecule has 0 saturated heterocycles. The molecule has 0 unspecified atom stereocenters. The summed E-state index contributed by atoms with van der Waals surface area (Å²) >= 11 is 1.35. The van der Waals surface area contributed by atoms with Gasteiger partial charge in [0, 0.05) is 22.2 Å². The lowest BCUT2D eigenvalue weighted by molar-refractivity contribution is -0.132. The summed E-state index contributed by atoms with van der Waals surface area (Å²) in [5.74, 6) is -1.02. The van der Waals surface area contributed by atoms with Crippen LogP contribution in [0.3, 0.4) is 0 Å². The monoisotopic (exact) mass is 400 g/mol. The summed E-state index contributed by atoms with van der Waals surface area (Å²) in [6, 6.07) is 14.1. The molecule has 2 amide bonds. The fraction of sp³-hybridized carbons (Fsp3) is 0.150. The van der Waals surface area contributed by atoms with Crippen molar-refractivity contribution in [2.24, 2.45) is 0 Å². The quantitative estimate of drug-likeness (QED) is 0.463. The lowest BCUT2D eigenvalue weighted by atomic mass is 10.2. The van der Waals surface area contributed by atoms with Gasteiger partial charge >= 0.3 is 5.97 Å². The second-order valence-corrected chi connectivity index (χ2v) is 6.73. The molecule has 0 atom stereocenters. The third kappa shape index (κ3) is 6.48. The van der Waals surface area contributed by atoms with Gasteiger partial charge < -0.3 is 20.5 Å². The molecule has 146 valence electrons. The number of rotatable bonds is 8. The minimum Gasteiger partial charge on any atom is -0.495 e. The smallest absolute Gasteiger partial charge is 0.331 e. The number of carbonyl (C=O) groups is 3. The van der Waals surface area contributed by atoms with Crippen molar-refractivity contribution in [3.63, 3.8) is 0 Å². The Bertz CT molecular complexity index is 894. The molecule has 3 N–H and O–H groups in total. The third-order valence-corrected chi connectivity index (χ3v) is 4.57. The van der Waals surface area contributed by atoms with Gasteiger partial charge in [0.25, 0.3) is 0 Å². The lowest BCUT2D eigenvalue weighted by Gasteiger charge is -2.09. The van der Waals surface area contributed by atoms with Crippen LogP contribution in [-0.4, -0.2) is 35.8 Å². The Labute approximate surface area is 166 Å². The first-order valence-corrected chi connectivity index (χ1v) is 9.26. The van der Waals surface area contributed by atoms with E-state index in [0.717, 1.165) is 11.0 Å². The largest absolute Gasteiger partial charge is 0.495 e. The van der Waals surface area contributed by atoms with Crippen LogP contribution in [0.1, 0.15) is 6.92 Å². The van der Waals surface area contributed by atoms with Crippen molar-refractivity contribution in [1.29, 1.82) is 0 Å². The predicted octanol–water partition coefficient (Wildman–Crippen LogP) is 3.40. The molecule has 0 aliphatic carbocycles. The van der Waals surface area contributed by atoms with E-state index in [1.165, 1.54) is 18.7 Å². The van der Waals surface area contributed by atoms with Crippen molar-refractivity contribution < 1.29 is 24.2 Å². The van der Waals surface area contributed by atoms with Gasteiger partial charge in [-0.05, 0) is 43.3 Å². The maximum atomic E-state index is 12.1. The number of carbonyl (C=O) groups excluding carboxylic acids is 2. The number of para-hydroxylation sites is 2. The fourth-order valence-electron chi connectivity index (χ4n) is 2.15. The van der Waals surface area contributed by atoms with E-state index in [4.69, 9.17) is 9.84 Å². The van der Waals surface area contributed by atoms with Crippen LogP contribution in [-0.2, 0) is 14.4 Å². The fourth-order valence-corrected chi connectivity index (χ4v) is 2.85. The van der Waals surface area contributed by atoms with E-state index in [1.54, 1.807) is 43.5 Å². The number of methoxy groups -OCH3 is 1. The SMILES string of the molecule is COc1ccccc1NC(=O)CSc1ccc(NC(=O)/C=C(/C)C(=O)O)cc1. The van der Waals surface area contributed by atoms with Crippen molar-refractivity contribution >= 4 is 40.9 Å². The van der Waals surface area contributed by atoms with Gasteiger partial charge in [-0.3, -0.25) is 9.59 Å². The number of hydrogen-bond donors (Lipinski definition) is 3. The molecule has 0 bridgehead atoms. The van der Waals surface area contributed by atoms with E-state index in [1.807, 2.05) is 12.1 Å². The average Bonchev–Trinajstić information content (AvgIpc) is 2.67.